The molecule has 162 valence electrons. The normalized spacial score (nSPS) is 15.1. The zero-order chi connectivity index (χ0) is 22.2. The van der Waals surface area contributed by atoms with Crippen LogP contribution in [0.3, 0.4) is 0 Å². The van der Waals surface area contributed by atoms with Crippen molar-refractivity contribution in [3.63, 3.8) is 0 Å². The van der Waals surface area contributed by atoms with Gasteiger partial charge >= 0.3 is 6.03 Å². The van der Waals surface area contributed by atoms with Crippen LogP contribution in [-0.2, 0) is 12.5 Å². The Kier molecular flexibility index (Phi) is 5.03. The van der Waals surface area contributed by atoms with E-state index in [0.29, 0.717) is 34.5 Å². The molecule has 0 spiro atoms. The van der Waals surface area contributed by atoms with Gasteiger partial charge in [-0.25, -0.2) is 14.9 Å². The summed E-state index contributed by atoms with van der Waals surface area (Å²) in [6, 6.07) is 8.30. The first kappa shape index (κ1) is 20.3. The number of hydrazine groups is 1. The number of fused-ring (bicyclic) bond motifs is 1. The molecule has 2 aromatic rings. The summed E-state index contributed by atoms with van der Waals surface area (Å²) >= 11 is 0. The number of aryl methyl sites for hydroxylation is 1. The Balaban J connectivity index is 1.39. The van der Waals surface area contributed by atoms with Crippen LogP contribution in [0.15, 0.2) is 58.8 Å². The standard InChI is InChI=1S/C20H24N8O3/c1-20(2,3)15-9-16(27(4)26-15)23-19(29)22-12-5-7-13(8-6-12)31-18-17-14(24-25-18)10-21-11-28(17)30/h5-11,24-25,30H,1-4H3,(H2,22,23,29). The summed E-state index contributed by atoms with van der Waals surface area (Å²) in [5, 5.41) is 20.8. The molecule has 0 saturated heterocycles. The van der Waals surface area contributed by atoms with E-state index in [0.717, 1.165) is 10.8 Å². The van der Waals surface area contributed by atoms with Gasteiger partial charge in [0.1, 0.15) is 23.6 Å². The summed E-state index contributed by atoms with van der Waals surface area (Å²) in [5.74, 6) is 1.44. The lowest BCUT2D eigenvalue weighted by Gasteiger charge is -2.16. The van der Waals surface area contributed by atoms with Gasteiger partial charge in [-0.3, -0.25) is 26.1 Å². The number of aliphatic imine (C=N–C) groups is 1. The third-order valence-electron chi connectivity index (χ3n) is 4.61. The maximum Gasteiger partial charge on any atom is 0.324 e. The number of nitrogens with zero attached hydrogens (tertiary/aromatic N) is 4. The highest BCUT2D eigenvalue weighted by Gasteiger charge is 2.27. The zero-order valence-electron chi connectivity index (χ0n) is 17.6. The number of ether oxygens (including phenoxy) is 1. The molecule has 11 nitrogen and oxygen atoms in total. The molecule has 3 heterocycles. The van der Waals surface area contributed by atoms with E-state index in [-0.39, 0.29) is 11.4 Å². The molecule has 1 aromatic heterocycles. The highest BCUT2D eigenvalue weighted by Crippen LogP contribution is 2.26. The van der Waals surface area contributed by atoms with Crippen LogP contribution in [0.5, 0.6) is 5.75 Å². The minimum absolute atomic E-state index is 0.113. The average Bonchev–Trinajstić information content (AvgIpc) is 3.28. The van der Waals surface area contributed by atoms with Gasteiger partial charge in [0.15, 0.2) is 5.70 Å². The Bertz CT molecular complexity index is 1090. The number of carbonyl (C=O) groups is 1. The first-order chi connectivity index (χ1) is 14.7. The monoisotopic (exact) mass is 424 g/mol. The third-order valence-corrected chi connectivity index (χ3v) is 4.61. The minimum atomic E-state index is -0.379. The lowest BCUT2D eigenvalue weighted by Crippen LogP contribution is -2.25. The molecule has 2 aliphatic rings. The van der Waals surface area contributed by atoms with Crippen LogP contribution in [0.1, 0.15) is 26.5 Å². The summed E-state index contributed by atoms with van der Waals surface area (Å²) in [7, 11) is 1.78. The largest absolute Gasteiger partial charge is 0.437 e. The maximum atomic E-state index is 12.4. The van der Waals surface area contributed by atoms with Crippen molar-refractivity contribution >= 4 is 23.9 Å². The van der Waals surface area contributed by atoms with E-state index in [1.807, 2.05) is 6.07 Å². The van der Waals surface area contributed by atoms with Gasteiger partial charge in [-0.15, -0.1) is 0 Å². The van der Waals surface area contributed by atoms with Crippen LogP contribution < -0.4 is 26.2 Å². The van der Waals surface area contributed by atoms with E-state index >= 15 is 0 Å². The summed E-state index contributed by atoms with van der Waals surface area (Å²) in [6.45, 7) is 6.19. The summed E-state index contributed by atoms with van der Waals surface area (Å²) in [6.07, 6.45) is 2.82. The summed E-state index contributed by atoms with van der Waals surface area (Å²) < 4.78 is 7.42. The Labute approximate surface area is 179 Å². The predicted octanol–water partition coefficient (Wildman–Crippen LogP) is 2.59. The van der Waals surface area contributed by atoms with Crippen molar-refractivity contribution in [2.24, 2.45) is 12.0 Å². The molecule has 0 saturated carbocycles. The maximum absolute atomic E-state index is 12.4. The van der Waals surface area contributed by atoms with Crippen molar-refractivity contribution in [1.82, 2.24) is 25.7 Å². The predicted molar refractivity (Wildman–Crippen MR) is 115 cm³/mol. The average molecular weight is 424 g/mol. The van der Waals surface area contributed by atoms with E-state index in [4.69, 9.17) is 4.74 Å². The molecule has 2 amide bonds. The van der Waals surface area contributed by atoms with Crippen LogP contribution in [0.25, 0.3) is 0 Å². The molecule has 0 bridgehead atoms. The molecule has 0 aliphatic carbocycles. The molecular weight excluding hydrogens is 400 g/mol. The Hall–Kier alpha value is -3.99. The number of anilines is 2. The van der Waals surface area contributed by atoms with Gasteiger partial charge in [0, 0.05) is 24.2 Å². The fourth-order valence-electron chi connectivity index (χ4n) is 2.94. The smallest absolute Gasteiger partial charge is 0.324 e. The molecule has 5 N–H and O–H groups in total. The Morgan fingerprint density at radius 2 is 1.90 bits per heavy atom. The highest BCUT2D eigenvalue weighted by molar-refractivity contribution is 5.99. The second kappa shape index (κ2) is 7.69. The summed E-state index contributed by atoms with van der Waals surface area (Å²) in [4.78, 5) is 16.3. The second-order valence-corrected chi connectivity index (χ2v) is 8.07. The van der Waals surface area contributed by atoms with Crippen LogP contribution in [0, 0.1) is 0 Å². The Morgan fingerprint density at radius 3 is 2.58 bits per heavy atom. The number of hydroxylamine groups is 2. The minimum Gasteiger partial charge on any atom is -0.437 e. The van der Waals surface area contributed by atoms with Gasteiger partial charge in [-0.05, 0) is 24.3 Å². The van der Waals surface area contributed by atoms with Gasteiger partial charge in [-0.1, -0.05) is 20.8 Å². The van der Waals surface area contributed by atoms with Gasteiger partial charge in [0.2, 0.25) is 5.88 Å². The number of nitrogens with one attached hydrogen (secondary N) is 4. The number of urea groups is 1. The lowest BCUT2D eigenvalue weighted by atomic mass is 9.92. The quantitative estimate of drug-likeness (QED) is 0.510. The fourth-order valence-corrected chi connectivity index (χ4v) is 2.94. The van der Waals surface area contributed by atoms with Gasteiger partial charge in [0.25, 0.3) is 0 Å². The highest BCUT2D eigenvalue weighted by atomic mass is 16.5. The molecule has 0 radical (unpaired) electrons. The van der Waals surface area contributed by atoms with Crippen LogP contribution in [-0.4, -0.2) is 32.4 Å². The van der Waals surface area contributed by atoms with Gasteiger partial charge < -0.3 is 10.1 Å². The van der Waals surface area contributed by atoms with Crippen LogP contribution in [0.2, 0.25) is 0 Å². The number of benzene rings is 1. The van der Waals surface area contributed by atoms with Gasteiger partial charge in [-0.2, -0.15) is 5.10 Å². The lowest BCUT2D eigenvalue weighted by molar-refractivity contribution is 0.0270. The van der Waals surface area contributed by atoms with Crippen molar-refractivity contribution in [2.45, 2.75) is 26.2 Å². The zero-order valence-corrected chi connectivity index (χ0v) is 17.6. The molecule has 0 unspecified atom stereocenters. The van der Waals surface area contributed by atoms with E-state index < -0.39 is 0 Å². The molecule has 0 atom stereocenters. The SMILES string of the molecule is Cn1nc(C(C)(C)C)cc1NC(=O)Nc1ccc(OC2=C3C(=CN=CN3O)NN2)cc1. The molecule has 1 aromatic carbocycles. The van der Waals surface area contributed by atoms with Crippen LogP contribution >= 0.6 is 0 Å². The topological polar surface area (TPSA) is 128 Å². The molecular formula is C20H24N8O3. The van der Waals surface area contributed by atoms with Gasteiger partial charge in [0.05, 0.1) is 11.9 Å². The first-order valence-electron chi connectivity index (χ1n) is 9.59. The molecule has 2 aliphatic heterocycles. The van der Waals surface area contributed by atoms with Crippen molar-refractivity contribution in [1.29, 1.82) is 0 Å². The number of amides is 2. The second-order valence-electron chi connectivity index (χ2n) is 8.07. The van der Waals surface area contributed by atoms with E-state index in [2.05, 4.69) is 52.3 Å². The third kappa shape index (κ3) is 4.31. The number of aromatic nitrogens is 2. The van der Waals surface area contributed by atoms with Crippen molar-refractivity contribution < 1.29 is 14.7 Å². The van der Waals surface area contributed by atoms with E-state index in [1.54, 1.807) is 42.2 Å². The van der Waals surface area contributed by atoms with E-state index in [1.165, 1.54) is 6.34 Å². The number of carbonyl (C=O) groups excluding carboxylic acids is 1. The molecule has 4 rings (SSSR count). The van der Waals surface area contributed by atoms with Crippen molar-refractivity contribution in [3.8, 4) is 5.75 Å². The molecule has 31 heavy (non-hydrogen) atoms. The van der Waals surface area contributed by atoms with Crippen LogP contribution in [0.4, 0.5) is 16.3 Å². The fraction of sp³-hybridized carbons (Fsp3) is 0.250. The number of rotatable bonds is 4. The number of hydrogen-bond donors (Lipinski definition) is 5. The Morgan fingerprint density at radius 1 is 1.16 bits per heavy atom. The molecule has 0 fully saturated rings. The first-order valence-corrected chi connectivity index (χ1v) is 9.59. The van der Waals surface area contributed by atoms with Crippen molar-refractivity contribution in [2.75, 3.05) is 10.6 Å². The summed E-state index contributed by atoms with van der Waals surface area (Å²) in [5.41, 5.74) is 8.07. The number of hydrogen-bond acceptors (Lipinski definition) is 8. The van der Waals surface area contributed by atoms with E-state index in [9.17, 15) is 10.0 Å². The molecule has 11 heteroatoms. The van der Waals surface area contributed by atoms with Crippen molar-refractivity contribution in [3.05, 3.63) is 59.5 Å².